The van der Waals surface area contributed by atoms with Gasteiger partial charge in [0.25, 0.3) is 11.8 Å². The number of rotatable bonds is 9. The van der Waals surface area contributed by atoms with E-state index in [1.54, 1.807) is 48.5 Å². The van der Waals surface area contributed by atoms with Crippen molar-refractivity contribution in [2.45, 2.75) is 40.5 Å². The standard InChI is InChI=1S/C25H32N4O4S/c1-16(2)13-14-33-21-8-6-5-7-20(21)24(32)27-25(34)29-28-23(31)18-9-11-19(12-10-18)26-22(30)15-17(3)4/h5-12,16-17H,13-15H2,1-4H3,(H,26,30)(H,28,31)(H2,27,29,32,34). The number of carbonyl (C=O) groups excluding carboxylic acids is 3. The number of hydrogen-bond acceptors (Lipinski definition) is 5. The quantitative estimate of drug-likeness (QED) is 0.316. The molecule has 0 aromatic heterocycles. The minimum Gasteiger partial charge on any atom is -0.493 e. The number of carbonyl (C=O) groups is 3. The molecule has 2 aromatic carbocycles. The number of ether oxygens (including phenoxy) is 1. The lowest BCUT2D eigenvalue weighted by molar-refractivity contribution is -0.116. The van der Waals surface area contributed by atoms with Gasteiger partial charge in [-0.15, -0.1) is 0 Å². The monoisotopic (exact) mass is 484 g/mol. The Bertz CT molecular complexity index is 1010. The first-order valence-electron chi connectivity index (χ1n) is 11.2. The summed E-state index contributed by atoms with van der Waals surface area (Å²) in [6.07, 6.45) is 1.29. The van der Waals surface area contributed by atoms with Gasteiger partial charge in [0.15, 0.2) is 5.11 Å². The molecule has 0 saturated carbocycles. The highest BCUT2D eigenvalue weighted by Gasteiger charge is 2.14. The van der Waals surface area contributed by atoms with Crippen molar-refractivity contribution in [1.82, 2.24) is 16.2 Å². The van der Waals surface area contributed by atoms with Crippen LogP contribution in [0.25, 0.3) is 0 Å². The SMILES string of the molecule is CC(C)CCOc1ccccc1C(=O)NC(=S)NNC(=O)c1ccc(NC(=O)CC(C)C)cc1. The van der Waals surface area contributed by atoms with Crippen molar-refractivity contribution in [3.8, 4) is 5.75 Å². The predicted molar refractivity (Wildman–Crippen MR) is 137 cm³/mol. The summed E-state index contributed by atoms with van der Waals surface area (Å²) in [5, 5.41) is 5.25. The van der Waals surface area contributed by atoms with Crippen molar-refractivity contribution < 1.29 is 19.1 Å². The Morgan fingerprint density at radius 1 is 0.882 bits per heavy atom. The van der Waals surface area contributed by atoms with Gasteiger partial charge in [0.1, 0.15) is 5.75 Å². The minimum absolute atomic E-state index is 0.0621. The van der Waals surface area contributed by atoms with Crippen molar-refractivity contribution in [2.75, 3.05) is 11.9 Å². The zero-order valence-corrected chi connectivity index (χ0v) is 20.8. The largest absolute Gasteiger partial charge is 0.493 e. The molecule has 0 atom stereocenters. The topological polar surface area (TPSA) is 109 Å². The van der Waals surface area contributed by atoms with Crippen LogP contribution in [0.15, 0.2) is 48.5 Å². The summed E-state index contributed by atoms with van der Waals surface area (Å²) >= 11 is 5.12. The Kier molecular flexibility index (Phi) is 10.5. The van der Waals surface area contributed by atoms with Gasteiger partial charge in [-0.3, -0.25) is 30.6 Å². The first-order valence-corrected chi connectivity index (χ1v) is 11.6. The lowest BCUT2D eigenvalue weighted by Crippen LogP contribution is -2.48. The second kappa shape index (κ2) is 13.3. The van der Waals surface area contributed by atoms with Crippen molar-refractivity contribution in [2.24, 2.45) is 11.8 Å². The fraction of sp³-hybridized carbons (Fsp3) is 0.360. The molecule has 0 fully saturated rings. The van der Waals surface area contributed by atoms with Gasteiger partial charge in [-0.2, -0.15) is 0 Å². The molecule has 4 N–H and O–H groups in total. The summed E-state index contributed by atoms with van der Waals surface area (Å²) in [6, 6.07) is 13.3. The van der Waals surface area contributed by atoms with Crippen LogP contribution in [0.5, 0.6) is 5.75 Å². The Morgan fingerprint density at radius 2 is 1.56 bits per heavy atom. The number of hydrazine groups is 1. The average molecular weight is 485 g/mol. The molecule has 0 unspecified atom stereocenters. The highest BCUT2D eigenvalue weighted by atomic mass is 32.1. The fourth-order valence-corrected chi connectivity index (χ4v) is 3.00. The number of thiocarbonyl (C=S) groups is 1. The maximum absolute atomic E-state index is 12.6. The third-order valence-corrected chi connectivity index (χ3v) is 4.83. The molecule has 0 radical (unpaired) electrons. The predicted octanol–water partition coefficient (Wildman–Crippen LogP) is 4.05. The van der Waals surface area contributed by atoms with Crippen LogP contribution >= 0.6 is 12.2 Å². The van der Waals surface area contributed by atoms with E-state index in [-0.39, 0.29) is 16.9 Å². The molecule has 2 aromatic rings. The highest BCUT2D eigenvalue weighted by Crippen LogP contribution is 2.18. The Morgan fingerprint density at radius 3 is 2.21 bits per heavy atom. The van der Waals surface area contributed by atoms with Gasteiger partial charge >= 0.3 is 0 Å². The van der Waals surface area contributed by atoms with Gasteiger partial charge in [-0.25, -0.2) is 0 Å². The van der Waals surface area contributed by atoms with Gasteiger partial charge in [-0.05, 0) is 66.9 Å². The van der Waals surface area contributed by atoms with Gasteiger partial charge < -0.3 is 10.1 Å². The van der Waals surface area contributed by atoms with Crippen LogP contribution in [0, 0.1) is 11.8 Å². The zero-order chi connectivity index (χ0) is 25.1. The van der Waals surface area contributed by atoms with E-state index in [1.807, 2.05) is 13.8 Å². The Hall–Kier alpha value is -3.46. The maximum atomic E-state index is 12.6. The van der Waals surface area contributed by atoms with E-state index < -0.39 is 11.8 Å². The van der Waals surface area contributed by atoms with Gasteiger partial charge in [0, 0.05) is 17.7 Å². The molecule has 0 bridgehead atoms. The van der Waals surface area contributed by atoms with E-state index in [0.29, 0.717) is 41.5 Å². The van der Waals surface area contributed by atoms with Crippen LogP contribution in [0.1, 0.15) is 61.3 Å². The van der Waals surface area contributed by atoms with Gasteiger partial charge in [-0.1, -0.05) is 39.8 Å². The third kappa shape index (κ3) is 9.19. The van der Waals surface area contributed by atoms with Crippen LogP contribution in [-0.2, 0) is 4.79 Å². The molecule has 34 heavy (non-hydrogen) atoms. The van der Waals surface area contributed by atoms with E-state index in [9.17, 15) is 14.4 Å². The summed E-state index contributed by atoms with van der Waals surface area (Å²) in [5.74, 6) is 0.227. The number of nitrogens with one attached hydrogen (secondary N) is 4. The molecular weight excluding hydrogens is 452 g/mol. The fourth-order valence-electron chi connectivity index (χ4n) is 2.86. The normalized spacial score (nSPS) is 10.5. The molecule has 9 heteroatoms. The maximum Gasteiger partial charge on any atom is 0.269 e. The molecule has 3 amide bonds. The molecule has 182 valence electrons. The highest BCUT2D eigenvalue weighted by molar-refractivity contribution is 7.80. The summed E-state index contributed by atoms with van der Waals surface area (Å²) in [7, 11) is 0. The Balaban J connectivity index is 1.85. The van der Waals surface area contributed by atoms with E-state index >= 15 is 0 Å². The minimum atomic E-state index is -0.451. The smallest absolute Gasteiger partial charge is 0.269 e. The van der Waals surface area contributed by atoms with E-state index in [0.717, 1.165) is 6.42 Å². The van der Waals surface area contributed by atoms with Crippen molar-refractivity contribution in [3.63, 3.8) is 0 Å². The first kappa shape index (κ1) is 26.8. The summed E-state index contributed by atoms with van der Waals surface area (Å²) in [6.45, 7) is 8.63. The molecule has 0 spiro atoms. The van der Waals surface area contributed by atoms with Crippen molar-refractivity contribution >= 4 is 40.7 Å². The molecule has 0 aliphatic carbocycles. The van der Waals surface area contributed by atoms with E-state index in [2.05, 4.69) is 35.3 Å². The summed E-state index contributed by atoms with van der Waals surface area (Å²) in [5.41, 5.74) is 6.26. The second-order valence-electron chi connectivity index (χ2n) is 8.61. The lowest BCUT2D eigenvalue weighted by Gasteiger charge is -2.14. The van der Waals surface area contributed by atoms with Crippen LogP contribution < -0.4 is 26.2 Å². The number of para-hydroxylation sites is 1. The first-order chi connectivity index (χ1) is 16.2. The average Bonchev–Trinajstić information content (AvgIpc) is 2.77. The molecule has 0 aliphatic rings. The Labute approximate surface area is 205 Å². The molecule has 2 rings (SSSR count). The lowest BCUT2D eigenvalue weighted by atomic mass is 10.1. The van der Waals surface area contributed by atoms with Crippen LogP contribution in [0.4, 0.5) is 5.69 Å². The van der Waals surface area contributed by atoms with Crippen molar-refractivity contribution in [1.29, 1.82) is 0 Å². The molecule has 0 heterocycles. The van der Waals surface area contributed by atoms with E-state index in [4.69, 9.17) is 17.0 Å². The van der Waals surface area contributed by atoms with E-state index in [1.165, 1.54) is 0 Å². The van der Waals surface area contributed by atoms with Crippen LogP contribution in [0.3, 0.4) is 0 Å². The van der Waals surface area contributed by atoms with Crippen LogP contribution in [0.2, 0.25) is 0 Å². The molecular formula is C25H32N4O4S. The third-order valence-electron chi connectivity index (χ3n) is 4.63. The van der Waals surface area contributed by atoms with Crippen LogP contribution in [-0.4, -0.2) is 29.4 Å². The summed E-state index contributed by atoms with van der Waals surface area (Å²) < 4.78 is 5.74. The molecule has 8 nitrogen and oxygen atoms in total. The van der Waals surface area contributed by atoms with Gasteiger partial charge in [0.2, 0.25) is 5.91 Å². The number of benzene rings is 2. The molecule has 0 aliphatic heterocycles. The second-order valence-corrected chi connectivity index (χ2v) is 9.02. The number of amides is 3. The molecule has 0 saturated heterocycles. The number of hydrogen-bond donors (Lipinski definition) is 4. The summed E-state index contributed by atoms with van der Waals surface area (Å²) in [4.78, 5) is 36.8. The van der Waals surface area contributed by atoms with Gasteiger partial charge in [0.05, 0.1) is 12.2 Å². The number of anilines is 1. The van der Waals surface area contributed by atoms with Crippen molar-refractivity contribution in [3.05, 3.63) is 59.7 Å². The zero-order valence-electron chi connectivity index (χ0n) is 19.9.